The van der Waals surface area contributed by atoms with Crippen molar-refractivity contribution < 1.29 is 4.79 Å². The first-order valence-electron chi connectivity index (χ1n) is 6.24. The number of anilines is 1. The van der Waals surface area contributed by atoms with E-state index in [1.807, 2.05) is 42.5 Å². The molecule has 1 aromatic heterocycles. The lowest BCUT2D eigenvalue weighted by molar-refractivity contribution is -0.113. The van der Waals surface area contributed by atoms with E-state index < -0.39 is 0 Å². The average molecular weight is 335 g/mol. The first-order chi connectivity index (χ1) is 10.2. The van der Waals surface area contributed by atoms with Gasteiger partial charge in [-0.15, -0.1) is 11.8 Å². The second kappa shape index (κ2) is 6.47. The summed E-state index contributed by atoms with van der Waals surface area (Å²) in [5.74, 6) is 0.301. The second-order valence-corrected chi connectivity index (χ2v) is 6.80. The molecule has 0 saturated carbocycles. The van der Waals surface area contributed by atoms with Gasteiger partial charge in [0.2, 0.25) is 5.91 Å². The summed E-state index contributed by atoms with van der Waals surface area (Å²) in [5.41, 5.74) is 0.804. The molecule has 6 heteroatoms. The minimum absolute atomic E-state index is 0.0611. The topological polar surface area (TPSA) is 42.0 Å². The molecule has 3 nitrogen and oxygen atoms in total. The molecule has 0 saturated heterocycles. The van der Waals surface area contributed by atoms with Crippen molar-refractivity contribution in [3.8, 4) is 0 Å². The summed E-state index contributed by atoms with van der Waals surface area (Å²) in [4.78, 5) is 17.4. The lowest BCUT2D eigenvalue weighted by Crippen LogP contribution is -2.13. The van der Waals surface area contributed by atoms with E-state index in [1.54, 1.807) is 6.07 Å². The van der Waals surface area contributed by atoms with Crippen molar-refractivity contribution in [1.82, 2.24) is 4.98 Å². The zero-order valence-corrected chi connectivity index (χ0v) is 13.3. The van der Waals surface area contributed by atoms with Crippen molar-refractivity contribution in [2.24, 2.45) is 0 Å². The van der Waals surface area contributed by atoms with Crippen molar-refractivity contribution in [1.29, 1.82) is 0 Å². The molecule has 0 aliphatic carbocycles. The van der Waals surface area contributed by atoms with Crippen molar-refractivity contribution in [3.05, 3.63) is 53.6 Å². The number of hydrogen-bond acceptors (Lipinski definition) is 4. The fraction of sp³-hybridized carbons (Fsp3) is 0.0667. The fourth-order valence-corrected chi connectivity index (χ4v) is 3.52. The summed E-state index contributed by atoms with van der Waals surface area (Å²) < 4.78 is 1.01. The molecular weight excluding hydrogens is 324 g/mol. The van der Waals surface area contributed by atoms with Crippen LogP contribution in [0.2, 0.25) is 5.02 Å². The Balaban J connectivity index is 1.63. The highest BCUT2D eigenvalue weighted by Crippen LogP contribution is 2.28. The number of carbonyl (C=O) groups excluding carboxylic acids is 1. The largest absolute Gasteiger partial charge is 0.301 e. The Morgan fingerprint density at radius 3 is 2.86 bits per heavy atom. The molecule has 1 N–H and O–H groups in total. The number of rotatable bonds is 4. The highest BCUT2D eigenvalue weighted by molar-refractivity contribution is 8.00. The minimum atomic E-state index is -0.0611. The first kappa shape index (κ1) is 14.4. The summed E-state index contributed by atoms with van der Waals surface area (Å²) >= 11 is 8.87. The van der Waals surface area contributed by atoms with Gasteiger partial charge in [-0.1, -0.05) is 41.1 Å². The van der Waals surface area contributed by atoms with Gasteiger partial charge in [-0.3, -0.25) is 4.79 Å². The molecule has 0 aliphatic rings. The van der Waals surface area contributed by atoms with Gasteiger partial charge in [0.1, 0.15) is 0 Å². The van der Waals surface area contributed by atoms with E-state index in [0.717, 1.165) is 15.1 Å². The van der Waals surface area contributed by atoms with Crippen LogP contribution in [0.4, 0.5) is 5.13 Å². The SMILES string of the molecule is O=C(CSc1ccccc1)Nc1nc2cc(Cl)ccc2s1. The van der Waals surface area contributed by atoms with Crippen LogP contribution in [0.1, 0.15) is 0 Å². The Kier molecular flexibility index (Phi) is 4.43. The molecule has 1 heterocycles. The van der Waals surface area contributed by atoms with E-state index in [9.17, 15) is 4.79 Å². The van der Waals surface area contributed by atoms with Crippen LogP contribution in [0.15, 0.2) is 53.4 Å². The third-order valence-corrected chi connectivity index (χ3v) is 4.91. The Morgan fingerprint density at radius 1 is 1.24 bits per heavy atom. The van der Waals surface area contributed by atoms with Gasteiger partial charge in [-0.2, -0.15) is 0 Å². The number of nitrogens with one attached hydrogen (secondary N) is 1. The summed E-state index contributed by atoms with van der Waals surface area (Å²) in [7, 11) is 0. The third kappa shape index (κ3) is 3.75. The normalized spacial score (nSPS) is 10.7. The van der Waals surface area contributed by atoms with Crippen LogP contribution in [0.5, 0.6) is 0 Å². The molecule has 0 unspecified atom stereocenters. The van der Waals surface area contributed by atoms with Gasteiger partial charge in [0, 0.05) is 9.92 Å². The Morgan fingerprint density at radius 2 is 2.05 bits per heavy atom. The minimum Gasteiger partial charge on any atom is -0.301 e. The van der Waals surface area contributed by atoms with Crippen molar-refractivity contribution >= 4 is 56.0 Å². The van der Waals surface area contributed by atoms with Gasteiger partial charge < -0.3 is 5.32 Å². The van der Waals surface area contributed by atoms with E-state index in [2.05, 4.69) is 10.3 Å². The maximum Gasteiger partial charge on any atom is 0.236 e. The van der Waals surface area contributed by atoms with Crippen LogP contribution in [-0.4, -0.2) is 16.6 Å². The third-order valence-electron chi connectivity index (χ3n) is 2.71. The number of nitrogens with zero attached hydrogens (tertiary/aromatic N) is 1. The maximum absolute atomic E-state index is 11.9. The fourth-order valence-electron chi connectivity index (χ4n) is 1.77. The average Bonchev–Trinajstić information content (AvgIpc) is 2.87. The molecule has 21 heavy (non-hydrogen) atoms. The molecule has 0 spiro atoms. The Hall–Kier alpha value is -1.56. The van der Waals surface area contributed by atoms with Gasteiger partial charge >= 0.3 is 0 Å². The van der Waals surface area contributed by atoms with Crippen LogP contribution in [-0.2, 0) is 4.79 Å². The molecule has 3 rings (SSSR count). The standard InChI is InChI=1S/C15H11ClN2OS2/c16-10-6-7-13-12(8-10)17-15(21-13)18-14(19)9-20-11-4-2-1-3-5-11/h1-8H,9H2,(H,17,18,19). The number of benzene rings is 2. The number of amides is 1. The van der Waals surface area contributed by atoms with Gasteiger partial charge in [0.05, 0.1) is 16.0 Å². The number of hydrogen-bond donors (Lipinski definition) is 1. The van der Waals surface area contributed by atoms with Crippen LogP contribution < -0.4 is 5.32 Å². The van der Waals surface area contributed by atoms with E-state index in [-0.39, 0.29) is 5.91 Å². The summed E-state index contributed by atoms with van der Waals surface area (Å²) in [6.07, 6.45) is 0. The maximum atomic E-state index is 11.9. The summed E-state index contributed by atoms with van der Waals surface area (Å²) in [6, 6.07) is 15.4. The molecule has 0 radical (unpaired) electrons. The van der Waals surface area contributed by atoms with Crippen molar-refractivity contribution in [2.45, 2.75) is 4.90 Å². The first-order valence-corrected chi connectivity index (χ1v) is 8.42. The number of thioether (sulfide) groups is 1. The smallest absolute Gasteiger partial charge is 0.236 e. The zero-order valence-electron chi connectivity index (χ0n) is 10.9. The van der Waals surface area contributed by atoms with Crippen molar-refractivity contribution in [2.75, 3.05) is 11.1 Å². The predicted octanol–water partition coefficient (Wildman–Crippen LogP) is 4.68. The number of halogens is 1. The summed E-state index contributed by atoms with van der Waals surface area (Å²) in [5, 5.41) is 4.07. The van der Waals surface area contributed by atoms with Crippen LogP contribution in [0.3, 0.4) is 0 Å². The number of aromatic nitrogens is 1. The number of carbonyl (C=O) groups is 1. The van der Waals surface area contributed by atoms with Gasteiger partial charge in [-0.25, -0.2) is 4.98 Å². The molecule has 0 atom stereocenters. The van der Waals surface area contributed by atoms with Crippen LogP contribution in [0, 0.1) is 0 Å². The van der Waals surface area contributed by atoms with E-state index in [4.69, 9.17) is 11.6 Å². The second-order valence-electron chi connectivity index (χ2n) is 4.28. The number of fused-ring (bicyclic) bond motifs is 1. The van der Waals surface area contributed by atoms with Gasteiger partial charge in [-0.05, 0) is 30.3 Å². The molecular formula is C15H11ClN2OS2. The highest BCUT2D eigenvalue weighted by Gasteiger charge is 2.08. The van der Waals surface area contributed by atoms with E-state index in [1.165, 1.54) is 23.1 Å². The Labute approximate surface area is 135 Å². The predicted molar refractivity (Wildman–Crippen MR) is 90.4 cm³/mol. The van der Waals surface area contributed by atoms with Gasteiger partial charge in [0.25, 0.3) is 0 Å². The molecule has 0 fully saturated rings. The molecule has 3 aromatic rings. The lowest BCUT2D eigenvalue weighted by atomic mass is 10.3. The van der Waals surface area contributed by atoms with E-state index in [0.29, 0.717) is 15.9 Å². The quantitative estimate of drug-likeness (QED) is 0.704. The number of thiazole rings is 1. The molecule has 0 bridgehead atoms. The lowest BCUT2D eigenvalue weighted by Gasteiger charge is -2.01. The summed E-state index contributed by atoms with van der Waals surface area (Å²) in [6.45, 7) is 0. The van der Waals surface area contributed by atoms with Gasteiger partial charge in [0.15, 0.2) is 5.13 Å². The monoisotopic (exact) mass is 334 g/mol. The molecule has 106 valence electrons. The van der Waals surface area contributed by atoms with Crippen molar-refractivity contribution in [3.63, 3.8) is 0 Å². The highest BCUT2D eigenvalue weighted by atomic mass is 35.5. The molecule has 0 aliphatic heterocycles. The zero-order chi connectivity index (χ0) is 14.7. The Bertz CT molecular complexity index is 774. The van der Waals surface area contributed by atoms with Crippen LogP contribution in [0.25, 0.3) is 10.2 Å². The van der Waals surface area contributed by atoms with Crippen LogP contribution >= 0.6 is 34.7 Å². The van der Waals surface area contributed by atoms with E-state index >= 15 is 0 Å². The molecule has 2 aromatic carbocycles. The molecule has 1 amide bonds.